The number of amides is 1. The van der Waals surface area contributed by atoms with Crippen LogP contribution < -0.4 is 9.73 Å². The second kappa shape index (κ2) is 11.2. The number of carbonyl (C=O) groups excluding carboxylic acids is 1. The molecule has 0 saturated carbocycles. The Hall–Kier alpha value is -3.66. The van der Waals surface area contributed by atoms with Gasteiger partial charge in [-0.2, -0.15) is 5.10 Å². The van der Waals surface area contributed by atoms with Crippen molar-refractivity contribution in [3.8, 4) is 5.69 Å². The average Bonchev–Trinajstić information content (AvgIpc) is 3.15. The molecule has 0 aliphatic rings. The number of pyridine rings is 1. The number of sulfonamides is 1. The third-order valence-electron chi connectivity index (χ3n) is 5.52. The number of hydrazone groups is 1. The van der Waals surface area contributed by atoms with Gasteiger partial charge in [-0.05, 0) is 62.4 Å². The lowest BCUT2D eigenvalue weighted by atomic mass is 10.2. The summed E-state index contributed by atoms with van der Waals surface area (Å²) in [6.45, 7) is 3.35. The van der Waals surface area contributed by atoms with Crippen LogP contribution in [0.1, 0.15) is 17.0 Å². The number of nitrogens with one attached hydrogen (secondary N) is 1. The van der Waals surface area contributed by atoms with Crippen LogP contribution >= 0.6 is 23.2 Å². The molecule has 4 rings (SSSR count). The molecule has 37 heavy (non-hydrogen) atoms. The maximum Gasteiger partial charge on any atom is 0.264 e. The summed E-state index contributed by atoms with van der Waals surface area (Å²) in [4.78, 5) is 16.8. The molecule has 0 radical (unpaired) electrons. The van der Waals surface area contributed by atoms with Gasteiger partial charge in [-0.1, -0.05) is 41.4 Å². The Labute approximate surface area is 225 Å². The molecule has 0 bridgehead atoms. The number of halogens is 2. The monoisotopic (exact) mass is 555 g/mol. The zero-order chi connectivity index (χ0) is 26.6. The van der Waals surface area contributed by atoms with Gasteiger partial charge < -0.3 is 4.57 Å². The minimum atomic E-state index is -4.02. The smallest absolute Gasteiger partial charge is 0.264 e. The van der Waals surface area contributed by atoms with Crippen LogP contribution in [0.15, 0.2) is 89.1 Å². The quantitative estimate of drug-likeness (QED) is 0.240. The maximum absolute atomic E-state index is 13.3. The zero-order valence-corrected chi connectivity index (χ0v) is 22.3. The Morgan fingerprint density at radius 1 is 1.05 bits per heavy atom. The molecule has 1 N–H and O–H groups in total. The van der Waals surface area contributed by atoms with Gasteiger partial charge in [0, 0.05) is 38.9 Å². The first-order chi connectivity index (χ1) is 17.7. The number of hydrogen-bond acceptors (Lipinski definition) is 5. The fraction of sp³-hybridized carbons (Fsp3) is 0.115. The summed E-state index contributed by atoms with van der Waals surface area (Å²) in [7, 11) is -4.02. The van der Waals surface area contributed by atoms with E-state index in [-0.39, 0.29) is 10.6 Å². The molecule has 2 aromatic heterocycles. The first-order valence-corrected chi connectivity index (χ1v) is 13.3. The predicted octanol–water partition coefficient (Wildman–Crippen LogP) is 5.14. The van der Waals surface area contributed by atoms with Crippen LogP contribution in [0, 0.1) is 13.8 Å². The Balaban J connectivity index is 1.54. The molecule has 11 heteroatoms. The van der Waals surface area contributed by atoms with E-state index in [1.54, 1.807) is 48.5 Å². The van der Waals surface area contributed by atoms with Gasteiger partial charge in [-0.25, -0.2) is 13.8 Å². The summed E-state index contributed by atoms with van der Waals surface area (Å²) in [5.41, 5.74) is 6.02. The summed E-state index contributed by atoms with van der Waals surface area (Å²) < 4.78 is 29.5. The third kappa shape index (κ3) is 6.02. The van der Waals surface area contributed by atoms with E-state index in [4.69, 9.17) is 23.2 Å². The predicted molar refractivity (Wildman–Crippen MR) is 146 cm³/mol. The van der Waals surface area contributed by atoms with Gasteiger partial charge in [-0.3, -0.25) is 14.1 Å². The van der Waals surface area contributed by atoms with Gasteiger partial charge >= 0.3 is 0 Å². The van der Waals surface area contributed by atoms with Gasteiger partial charge in [0.2, 0.25) is 0 Å². The van der Waals surface area contributed by atoms with E-state index < -0.39 is 22.5 Å². The standard InChI is InChI=1S/C26H23Cl2N5O3S/c1-18-11-20(19(2)33(18)24-13-21(27)12-22(28)14-24)15-30-31-26(34)17-32(23-7-6-10-29-16-23)37(35,36)25-8-4-3-5-9-25/h3-16H,17H2,1-2H3,(H,31,34)/b30-15+. The average molecular weight is 556 g/mol. The van der Waals surface area contributed by atoms with Gasteiger partial charge in [0.05, 0.1) is 23.0 Å². The van der Waals surface area contributed by atoms with Gasteiger partial charge in [0.25, 0.3) is 15.9 Å². The Kier molecular flexibility index (Phi) is 7.97. The lowest BCUT2D eigenvalue weighted by Crippen LogP contribution is -2.39. The van der Waals surface area contributed by atoms with Crippen LogP contribution in [0.25, 0.3) is 5.69 Å². The van der Waals surface area contributed by atoms with E-state index in [0.717, 1.165) is 26.9 Å². The zero-order valence-electron chi connectivity index (χ0n) is 20.0. The summed E-state index contributed by atoms with van der Waals surface area (Å²) >= 11 is 12.3. The Morgan fingerprint density at radius 3 is 2.41 bits per heavy atom. The second-order valence-corrected chi connectivity index (χ2v) is 10.9. The largest absolute Gasteiger partial charge is 0.318 e. The minimum absolute atomic E-state index is 0.0590. The lowest BCUT2D eigenvalue weighted by Gasteiger charge is -2.23. The van der Waals surface area contributed by atoms with E-state index in [1.807, 2.05) is 24.5 Å². The SMILES string of the molecule is Cc1cc(/C=N/NC(=O)CN(c2cccnc2)S(=O)(=O)c2ccccc2)c(C)n1-c1cc(Cl)cc(Cl)c1. The minimum Gasteiger partial charge on any atom is -0.318 e. The first-order valence-electron chi connectivity index (χ1n) is 11.1. The highest BCUT2D eigenvalue weighted by Gasteiger charge is 2.27. The summed E-state index contributed by atoms with van der Waals surface area (Å²) in [5.74, 6) is -0.616. The molecule has 0 atom stereocenters. The molecule has 0 spiro atoms. The summed E-state index contributed by atoms with van der Waals surface area (Å²) in [6.07, 6.45) is 4.41. The molecular formula is C26H23Cl2N5O3S. The van der Waals surface area contributed by atoms with Gasteiger partial charge in [0.15, 0.2) is 0 Å². The lowest BCUT2D eigenvalue weighted by molar-refractivity contribution is -0.119. The Bertz CT molecular complexity index is 1540. The number of aromatic nitrogens is 2. The molecule has 0 unspecified atom stereocenters. The van der Waals surface area contributed by atoms with Crippen molar-refractivity contribution in [2.75, 3.05) is 10.8 Å². The van der Waals surface area contributed by atoms with Crippen LogP contribution in [0.5, 0.6) is 0 Å². The molecule has 1 amide bonds. The van der Waals surface area contributed by atoms with Crippen molar-refractivity contribution < 1.29 is 13.2 Å². The number of anilines is 1. The van der Waals surface area contributed by atoms with E-state index in [0.29, 0.717) is 10.0 Å². The maximum atomic E-state index is 13.3. The van der Waals surface area contributed by atoms with Gasteiger partial charge in [-0.15, -0.1) is 0 Å². The number of carbonyl (C=O) groups is 1. The van der Waals surface area contributed by atoms with Crippen molar-refractivity contribution in [1.82, 2.24) is 15.0 Å². The molecule has 0 aliphatic heterocycles. The van der Waals surface area contributed by atoms with Crippen molar-refractivity contribution >= 4 is 51.0 Å². The fourth-order valence-electron chi connectivity index (χ4n) is 3.86. The molecule has 8 nitrogen and oxygen atoms in total. The molecule has 190 valence electrons. The van der Waals surface area contributed by atoms with Crippen molar-refractivity contribution in [3.05, 3.63) is 106 Å². The van der Waals surface area contributed by atoms with Crippen LogP contribution in [0.4, 0.5) is 5.69 Å². The molecule has 4 aromatic rings. The highest BCUT2D eigenvalue weighted by molar-refractivity contribution is 7.92. The molecule has 2 heterocycles. The number of aryl methyl sites for hydroxylation is 1. The molecular weight excluding hydrogens is 533 g/mol. The first kappa shape index (κ1) is 26.4. The summed E-state index contributed by atoms with van der Waals surface area (Å²) in [6, 6.07) is 18.2. The highest BCUT2D eigenvalue weighted by Crippen LogP contribution is 2.26. The van der Waals surface area contributed by atoms with Crippen molar-refractivity contribution in [2.45, 2.75) is 18.7 Å². The van der Waals surface area contributed by atoms with E-state index >= 15 is 0 Å². The molecule has 2 aromatic carbocycles. The molecule has 0 fully saturated rings. The van der Waals surface area contributed by atoms with Crippen LogP contribution in [0.3, 0.4) is 0 Å². The number of nitrogens with zero attached hydrogens (tertiary/aromatic N) is 4. The number of hydrogen-bond donors (Lipinski definition) is 1. The van der Waals surface area contributed by atoms with Crippen molar-refractivity contribution in [2.24, 2.45) is 5.10 Å². The van der Waals surface area contributed by atoms with Gasteiger partial charge in [0.1, 0.15) is 6.54 Å². The van der Waals surface area contributed by atoms with E-state index in [2.05, 4.69) is 15.5 Å². The van der Waals surface area contributed by atoms with E-state index in [1.165, 1.54) is 30.7 Å². The van der Waals surface area contributed by atoms with Crippen LogP contribution in [0.2, 0.25) is 10.0 Å². The third-order valence-corrected chi connectivity index (χ3v) is 7.75. The second-order valence-electron chi connectivity index (χ2n) is 8.12. The normalized spacial score (nSPS) is 11.6. The molecule has 0 saturated heterocycles. The molecule has 0 aliphatic carbocycles. The Morgan fingerprint density at radius 2 is 1.76 bits per heavy atom. The fourth-order valence-corrected chi connectivity index (χ4v) is 5.80. The van der Waals surface area contributed by atoms with E-state index in [9.17, 15) is 13.2 Å². The summed E-state index contributed by atoms with van der Waals surface area (Å²) in [5, 5.41) is 5.09. The topological polar surface area (TPSA) is 96.7 Å². The number of benzene rings is 2. The van der Waals surface area contributed by atoms with Crippen LogP contribution in [-0.2, 0) is 14.8 Å². The number of rotatable bonds is 8. The van der Waals surface area contributed by atoms with Crippen molar-refractivity contribution in [3.63, 3.8) is 0 Å². The highest BCUT2D eigenvalue weighted by atomic mass is 35.5. The van der Waals surface area contributed by atoms with Crippen LogP contribution in [-0.4, -0.2) is 36.6 Å². The van der Waals surface area contributed by atoms with Crippen molar-refractivity contribution in [1.29, 1.82) is 0 Å².